The highest BCUT2D eigenvalue weighted by atomic mass is 16.3. The van der Waals surface area contributed by atoms with Gasteiger partial charge in [-0.1, -0.05) is 24.3 Å². The van der Waals surface area contributed by atoms with Gasteiger partial charge in [0.2, 0.25) is 0 Å². The maximum absolute atomic E-state index is 9.94. The van der Waals surface area contributed by atoms with E-state index in [9.17, 15) is 5.11 Å². The van der Waals surface area contributed by atoms with E-state index < -0.39 is 0 Å². The van der Waals surface area contributed by atoms with E-state index >= 15 is 0 Å². The molecule has 106 valence electrons. The van der Waals surface area contributed by atoms with Crippen LogP contribution in [-0.2, 0) is 13.2 Å². The fourth-order valence-electron chi connectivity index (χ4n) is 2.55. The fourth-order valence-corrected chi connectivity index (χ4v) is 2.55. The molecule has 0 radical (unpaired) electrons. The van der Waals surface area contributed by atoms with E-state index in [-0.39, 0.29) is 12.7 Å². The Kier molecular flexibility index (Phi) is 5.79. The zero-order valence-electron chi connectivity index (χ0n) is 11.4. The van der Waals surface area contributed by atoms with Gasteiger partial charge in [0.25, 0.3) is 0 Å². The predicted octanol–water partition coefficient (Wildman–Crippen LogP) is 0.725. The number of hydrogen-bond donors (Lipinski definition) is 3. The van der Waals surface area contributed by atoms with Crippen LogP contribution < -0.4 is 5.32 Å². The summed E-state index contributed by atoms with van der Waals surface area (Å²) in [5.41, 5.74) is 2.07. The summed E-state index contributed by atoms with van der Waals surface area (Å²) in [5.74, 6) is 0. The average Bonchev–Trinajstić information content (AvgIpc) is 2.92. The highest BCUT2D eigenvalue weighted by molar-refractivity contribution is 5.22. The maximum atomic E-state index is 9.94. The lowest BCUT2D eigenvalue weighted by atomic mass is 10.1. The van der Waals surface area contributed by atoms with E-state index in [2.05, 4.69) is 10.2 Å². The summed E-state index contributed by atoms with van der Waals surface area (Å²) < 4.78 is 0. The molecule has 1 saturated heterocycles. The summed E-state index contributed by atoms with van der Waals surface area (Å²) in [7, 11) is 0. The van der Waals surface area contributed by atoms with Crippen LogP contribution in [0.15, 0.2) is 24.3 Å². The third kappa shape index (κ3) is 4.91. The van der Waals surface area contributed by atoms with Crippen LogP contribution in [0.1, 0.15) is 24.0 Å². The summed E-state index contributed by atoms with van der Waals surface area (Å²) in [4.78, 5) is 2.32. The molecule has 0 aliphatic carbocycles. The molecular weight excluding hydrogens is 240 g/mol. The van der Waals surface area contributed by atoms with E-state index in [4.69, 9.17) is 5.11 Å². The lowest BCUT2D eigenvalue weighted by molar-refractivity contribution is 0.123. The number of benzene rings is 1. The van der Waals surface area contributed by atoms with Gasteiger partial charge >= 0.3 is 0 Å². The standard InChI is InChI=1S/C15H24N2O2/c18-12-14-5-3-4-13(8-14)9-16-10-15(19)11-17-6-1-2-7-17/h3-5,8,15-16,18-19H,1-2,6-7,9-12H2. The van der Waals surface area contributed by atoms with Gasteiger partial charge < -0.3 is 20.4 Å². The first kappa shape index (κ1) is 14.5. The number of nitrogens with zero attached hydrogens (tertiary/aromatic N) is 1. The minimum Gasteiger partial charge on any atom is -0.392 e. The van der Waals surface area contributed by atoms with Crippen molar-refractivity contribution in [2.24, 2.45) is 0 Å². The molecule has 1 atom stereocenters. The monoisotopic (exact) mass is 264 g/mol. The van der Waals surface area contributed by atoms with Crippen molar-refractivity contribution in [3.8, 4) is 0 Å². The zero-order chi connectivity index (χ0) is 13.5. The molecule has 3 N–H and O–H groups in total. The molecule has 1 fully saturated rings. The van der Waals surface area contributed by atoms with Crippen LogP contribution in [0.25, 0.3) is 0 Å². The lowest BCUT2D eigenvalue weighted by Crippen LogP contribution is -2.36. The minimum atomic E-state index is -0.306. The summed E-state index contributed by atoms with van der Waals surface area (Å²) in [5, 5.41) is 22.3. The van der Waals surface area contributed by atoms with E-state index in [1.807, 2.05) is 24.3 Å². The van der Waals surface area contributed by atoms with Crippen molar-refractivity contribution in [2.75, 3.05) is 26.2 Å². The van der Waals surface area contributed by atoms with E-state index in [0.717, 1.165) is 37.3 Å². The van der Waals surface area contributed by atoms with Crippen LogP contribution in [0.5, 0.6) is 0 Å². The van der Waals surface area contributed by atoms with Crippen molar-refractivity contribution in [3.63, 3.8) is 0 Å². The Morgan fingerprint density at radius 2 is 1.95 bits per heavy atom. The molecule has 1 aliphatic heterocycles. The number of likely N-dealkylation sites (tertiary alicyclic amines) is 1. The Labute approximate surface area is 115 Å². The zero-order valence-corrected chi connectivity index (χ0v) is 11.4. The number of β-amino-alcohol motifs (C(OH)–C–C–N with tert-alkyl or cyclic N) is 1. The van der Waals surface area contributed by atoms with E-state index in [1.165, 1.54) is 12.8 Å². The number of aliphatic hydroxyl groups excluding tert-OH is 2. The van der Waals surface area contributed by atoms with Gasteiger partial charge in [0.1, 0.15) is 0 Å². The van der Waals surface area contributed by atoms with Crippen molar-refractivity contribution >= 4 is 0 Å². The van der Waals surface area contributed by atoms with Crippen LogP contribution in [-0.4, -0.2) is 47.4 Å². The van der Waals surface area contributed by atoms with E-state index in [0.29, 0.717) is 6.54 Å². The van der Waals surface area contributed by atoms with Gasteiger partial charge in [-0.2, -0.15) is 0 Å². The number of aliphatic hydroxyl groups is 2. The quantitative estimate of drug-likeness (QED) is 0.679. The average molecular weight is 264 g/mol. The molecule has 1 unspecified atom stereocenters. The number of nitrogens with one attached hydrogen (secondary N) is 1. The molecule has 0 amide bonds. The van der Waals surface area contributed by atoms with Crippen molar-refractivity contribution in [1.82, 2.24) is 10.2 Å². The molecule has 2 rings (SSSR count). The highest BCUT2D eigenvalue weighted by Gasteiger charge is 2.15. The third-order valence-corrected chi connectivity index (χ3v) is 3.55. The first-order valence-electron chi connectivity index (χ1n) is 7.08. The Balaban J connectivity index is 1.67. The first-order valence-corrected chi connectivity index (χ1v) is 7.08. The van der Waals surface area contributed by atoms with Gasteiger partial charge in [-0.05, 0) is 37.1 Å². The van der Waals surface area contributed by atoms with Crippen LogP contribution >= 0.6 is 0 Å². The smallest absolute Gasteiger partial charge is 0.0791 e. The van der Waals surface area contributed by atoms with Crippen molar-refractivity contribution < 1.29 is 10.2 Å². The van der Waals surface area contributed by atoms with E-state index in [1.54, 1.807) is 0 Å². The normalized spacial score (nSPS) is 17.8. The molecule has 1 aromatic rings. The largest absolute Gasteiger partial charge is 0.392 e. The van der Waals surface area contributed by atoms with Gasteiger partial charge in [0.05, 0.1) is 12.7 Å². The molecule has 0 bridgehead atoms. The van der Waals surface area contributed by atoms with Gasteiger partial charge in [-0.3, -0.25) is 0 Å². The fraction of sp³-hybridized carbons (Fsp3) is 0.600. The summed E-state index contributed by atoms with van der Waals surface area (Å²) in [6.45, 7) is 4.42. The summed E-state index contributed by atoms with van der Waals surface area (Å²) >= 11 is 0. The predicted molar refractivity (Wildman–Crippen MR) is 75.8 cm³/mol. The van der Waals surface area contributed by atoms with Gasteiger partial charge in [0, 0.05) is 19.6 Å². The molecule has 0 saturated carbocycles. The number of hydrogen-bond acceptors (Lipinski definition) is 4. The second kappa shape index (κ2) is 7.60. The summed E-state index contributed by atoms with van der Waals surface area (Å²) in [6, 6.07) is 7.87. The Morgan fingerprint density at radius 1 is 1.21 bits per heavy atom. The number of rotatable bonds is 7. The second-order valence-electron chi connectivity index (χ2n) is 5.27. The van der Waals surface area contributed by atoms with Crippen molar-refractivity contribution in [2.45, 2.75) is 32.1 Å². The van der Waals surface area contributed by atoms with Crippen LogP contribution in [0.4, 0.5) is 0 Å². The summed E-state index contributed by atoms with van der Waals surface area (Å²) in [6.07, 6.45) is 2.21. The molecule has 0 spiro atoms. The Bertz CT molecular complexity index is 378. The molecule has 4 nitrogen and oxygen atoms in total. The molecule has 1 aliphatic rings. The molecule has 0 aromatic heterocycles. The molecule has 1 heterocycles. The van der Waals surface area contributed by atoms with Gasteiger partial charge in [-0.15, -0.1) is 0 Å². The first-order chi connectivity index (χ1) is 9.28. The van der Waals surface area contributed by atoms with Crippen LogP contribution in [0.3, 0.4) is 0 Å². The Hall–Kier alpha value is -0.940. The SMILES string of the molecule is OCc1cccc(CNCC(O)CN2CCCC2)c1. The van der Waals surface area contributed by atoms with Gasteiger partial charge in [0.15, 0.2) is 0 Å². The maximum Gasteiger partial charge on any atom is 0.0791 e. The molecule has 19 heavy (non-hydrogen) atoms. The molecular formula is C15H24N2O2. The van der Waals surface area contributed by atoms with Crippen LogP contribution in [0, 0.1) is 0 Å². The topological polar surface area (TPSA) is 55.7 Å². The molecule has 4 heteroatoms. The third-order valence-electron chi connectivity index (χ3n) is 3.55. The van der Waals surface area contributed by atoms with Crippen molar-refractivity contribution in [1.29, 1.82) is 0 Å². The van der Waals surface area contributed by atoms with Gasteiger partial charge in [-0.25, -0.2) is 0 Å². The lowest BCUT2D eigenvalue weighted by Gasteiger charge is -2.19. The second-order valence-corrected chi connectivity index (χ2v) is 5.27. The van der Waals surface area contributed by atoms with Crippen LogP contribution in [0.2, 0.25) is 0 Å². The minimum absolute atomic E-state index is 0.0748. The molecule has 1 aromatic carbocycles. The highest BCUT2D eigenvalue weighted by Crippen LogP contribution is 2.08. The Morgan fingerprint density at radius 3 is 2.68 bits per heavy atom. The van der Waals surface area contributed by atoms with Crippen molar-refractivity contribution in [3.05, 3.63) is 35.4 Å².